The summed E-state index contributed by atoms with van der Waals surface area (Å²) in [5.74, 6) is 0. The van der Waals surface area contributed by atoms with Crippen LogP contribution in [0.25, 0.3) is 0 Å². The van der Waals surface area contributed by atoms with E-state index in [1.165, 1.54) is 0 Å². The number of hydrogen-bond donors (Lipinski definition) is 0. The van der Waals surface area contributed by atoms with Crippen LogP contribution in [0.15, 0.2) is 24.6 Å². The molecule has 0 aromatic rings. The average molecular weight is 152 g/mol. The molecular formula is C9H16N2. The molecule has 1 heterocycles. The molecule has 0 bridgehead atoms. The smallest absolute Gasteiger partial charge is 0.0892 e. The van der Waals surface area contributed by atoms with Gasteiger partial charge in [-0.2, -0.15) is 0 Å². The highest BCUT2D eigenvalue weighted by Crippen LogP contribution is 2.04. The highest BCUT2D eigenvalue weighted by molar-refractivity contribution is 5.04. The lowest BCUT2D eigenvalue weighted by Gasteiger charge is -2.27. The Morgan fingerprint density at radius 2 is 1.82 bits per heavy atom. The molecule has 0 unspecified atom stereocenters. The Labute approximate surface area is 68.8 Å². The minimum absolute atomic E-state index is 0.577. The van der Waals surface area contributed by atoms with Crippen LogP contribution in [0.4, 0.5) is 0 Å². The second-order valence-corrected chi connectivity index (χ2v) is 3.19. The first-order valence-electron chi connectivity index (χ1n) is 4.01. The minimum atomic E-state index is 0.577. The van der Waals surface area contributed by atoms with Crippen LogP contribution in [0.3, 0.4) is 0 Å². The van der Waals surface area contributed by atoms with E-state index in [1.54, 1.807) is 0 Å². The third-order valence-corrected chi connectivity index (χ3v) is 1.78. The molecule has 2 nitrogen and oxygen atoms in total. The van der Waals surface area contributed by atoms with Crippen molar-refractivity contribution >= 4 is 0 Å². The minimum Gasteiger partial charge on any atom is -0.363 e. The van der Waals surface area contributed by atoms with E-state index in [1.807, 2.05) is 0 Å². The molecule has 0 spiro atoms. The van der Waals surface area contributed by atoms with E-state index in [2.05, 4.69) is 55.2 Å². The summed E-state index contributed by atoms with van der Waals surface area (Å²) in [5, 5.41) is 0. The van der Waals surface area contributed by atoms with Crippen LogP contribution in [0.2, 0.25) is 0 Å². The summed E-state index contributed by atoms with van der Waals surface area (Å²) >= 11 is 0. The molecule has 62 valence electrons. The van der Waals surface area contributed by atoms with Crippen LogP contribution in [-0.4, -0.2) is 29.6 Å². The Morgan fingerprint density at radius 3 is 2.45 bits per heavy atom. The molecule has 0 N–H and O–H groups in total. The van der Waals surface area contributed by atoms with E-state index in [0.717, 1.165) is 6.67 Å². The van der Waals surface area contributed by atoms with Crippen molar-refractivity contribution < 1.29 is 0 Å². The van der Waals surface area contributed by atoms with E-state index >= 15 is 0 Å². The molecule has 0 amide bonds. The van der Waals surface area contributed by atoms with Crippen LogP contribution in [0.5, 0.6) is 0 Å². The van der Waals surface area contributed by atoms with Crippen molar-refractivity contribution in [2.24, 2.45) is 0 Å². The second kappa shape index (κ2) is 3.46. The molecule has 0 radical (unpaired) electrons. The van der Waals surface area contributed by atoms with Gasteiger partial charge in [-0.15, -0.1) is 0 Å². The number of hydrogen-bond acceptors (Lipinski definition) is 2. The molecule has 0 fully saturated rings. The fourth-order valence-corrected chi connectivity index (χ4v) is 1.04. The van der Waals surface area contributed by atoms with E-state index in [0.29, 0.717) is 6.04 Å². The molecule has 1 rings (SSSR count). The first-order chi connectivity index (χ1) is 5.20. The molecule has 1 aliphatic rings. The van der Waals surface area contributed by atoms with Crippen LogP contribution in [0.1, 0.15) is 13.8 Å². The van der Waals surface area contributed by atoms with Gasteiger partial charge in [-0.1, -0.05) is 0 Å². The predicted molar refractivity (Wildman–Crippen MR) is 47.9 cm³/mol. The summed E-state index contributed by atoms with van der Waals surface area (Å²) in [6, 6.07) is 0.577. The lowest BCUT2D eigenvalue weighted by atomic mass is 10.3. The highest BCUT2D eigenvalue weighted by Gasteiger charge is 2.05. The highest BCUT2D eigenvalue weighted by atomic mass is 15.3. The zero-order chi connectivity index (χ0) is 8.27. The van der Waals surface area contributed by atoms with E-state index in [9.17, 15) is 0 Å². The molecule has 0 aliphatic carbocycles. The zero-order valence-electron chi connectivity index (χ0n) is 7.49. The molecule has 11 heavy (non-hydrogen) atoms. The number of allylic oxidation sites excluding steroid dienone is 2. The molecule has 2 heteroatoms. The maximum absolute atomic E-state index is 2.29. The van der Waals surface area contributed by atoms with Gasteiger partial charge < -0.3 is 9.80 Å². The van der Waals surface area contributed by atoms with Crippen LogP contribution < -0.4 is 0 Å². The third-order valence-electron chi connectivity index (χ3n) is 1.78. The normalized spacial score (nSPS) is 17.8. The Kier molecular flexibility index (Phi) is 2.58. The molecule has 0 aromatic carbocycles. The molecule has 0 saturated heterocycles. The van der Waals surface area contributed by atoms with Crippen molar-refractivity contribution in [2.75, 3.05) is 13.7 Å². The Bertz CT molecular complexity index is 170. The quantitative estimate of drug-likeness (QED) is 0.563. The van der Waals surface area contributed by atoms with Gasteiger partial charge in [0, 0.05) is 25.5 Å². The topological polar surface area (TPSA) is 6.48 Å². The standard InChI is InChI=1S/C9H16N2/c1-9(2)11-7-5-4-6-10(3)8-11/h4-7,9H,8H2,1-3H3. The van der Waals surface area contributed by atoms with Gasteiger partial charge >= 0.3 is 0 Å². The Hall–Kier alpha value is -0.920. The molecule has 0 saturated carbocycles. The van der Waals surface area contributed by atoms with Gasteiger partial charge in [0.25, 0.3) is 0 Å². The lowest BCUT2D eigenvalue weighted by molar-refractivity contribution is 0.219. The zero-order valence-corrected chi connectivity index (χ0v) is 7.49. The number of rotatable bonds is 1. The van der Waals surface area contributed by atoms with E-state index in [-0.39, 0.29) is 0 Å². The second-order valence-electron chi connectivity index (χ2n) is 3.19. The van der Waals surface area contributed by atoms with Gasteiger partial charge in [0.1, 0.15) is 0 Å². The van der Waals surface area contributed by atoms with Crippen molar-refractivity contribution in [2.45, 2.75) is 19.9 Å². The van der Waals surface area contributed by atoms with Gasteiger partial charge in [0.05, 0.1) is 6.67 Å². The van der Waals surface area contributed by atoms with Gasteiger partial charge in [-0.05, 0) is 26.0 Å². The Morgan fingerprint density at radius 1 is 1.18 bits per heavy atom. The van der Waals surface area contributed by atoms with Crippen molar-refractivity contribution in [3.8, 4) is 0 Å². The first kappa shape index (κ1) is 8.18. The maximum atomic E-state index is 2.29. The lowest BCUT2D eigenvalue weighted by Crippen LogP contribution is -2.33. The summed E-state index contributed by atoms with van der Waals surface area (Å²) in [4.78, 5) is 4.46. The van der Waals surface area contributed by atoms with Crippen molar-refractivity contribution in [1.82, 2.24) is 9.80 Å². The molecule has 1 aliphatic heterocycles. The summed E-state index contributed by atoms with van der Waals surface area (Å²) in [5.41, 5.74) is 0. The largest absolute Gasteiger partial charge is 0.363 e. The first-order valence-corrected chi connectivity index (χ1v) is 4.01. The predicted octanol–water partition coefficient (Wildman–Crippen LogP) is 1.63. The fraction of sp³-hybridized carbons (Fsp3) is 0.556. The summed E-state index contributed by atoms with van der Waals surface area (Å²) in [6.45, 7) is 5.37. The van der Waals surface area contributed by atoms with Gasteiger partial charge in [-0.25, -0.2) is 0 Å². The summed E-state index contributed by atoms with van der Waals surface area (Å²) < 4.78 is 0. The van der Waals surface area contributed by atoms with Gasteiger partial charge in [-0.3, -0.25) is 0 Å². The third kappa shape index (κ3) is 2.30. The fourth-order valence-electron chi connectivity index (χ4n) is 1.04. The Balaban J connectivity index is 2.57. The van der Waals surface area contributed by atoms with Gasteiger partial charge in [0.2, 0.25) is 0 Å². The van der Waals surface area contributed by atoms with Gasteiger partial charge in [0.15, 0.2) is 0 Å². The maximum Gasteiger partial charge on any atom is 0.0892 e. The average Bonchev–Trinajstić information content (AvgIpc) is 2.13. The SMILES string of the molecule is CC(C)N1C=CC=CN(C)C1. The molecular weight excluding hydrogens is 136 g/mol. The summed E-state index contributed by atoms with van der Waals surface area (Å²) in [7, 11) is 2.08. The number of nitrogens with zero attached hydrogens (tertiary/aromatic N) is 2. The summed E-state index contributed by atoms with van der Waals surface area (Å²) in [6.07, 6.45) is 8.34. The molecule has 0 aromatic heterocycles. The van der Waals surface area contributed by atoms with Crippen LogP contribution >= 0.6 is 0 Å². The van der Waals surface area contributed by atoms with E-state index < -0.39 is 0 Å². The monoisotopic (exact) mass is 152 g/mol. The van der Waals surface area contributed by atoms with Crippen molar-refractivity contribution in [3.63, 3.8) is 0 Å². The van der Waals surface area contributed by atoms with Crippen LogP contribution in [0, 0.1) is 0 Å². The van der Waals surface area contributed by atoms with Crippen LogP contribution in [-0.2, 0) is 0 Å². The molecule has 0 atom stereocenters. The van der Waals surface area contributed by atoms with Crippen molar-refractivity contribution in [3.05, 3.63) is 24.6 Å². The van der Waals surface area contributed by atoms with Crippen molar-refractivity contribution in [1.29, 1.82) is 0 Å². The van der Waals surface area contributed by atoms with E-state index in [4.69, 9.17) is 0 Å².